The van der Waals surface area contributed by atoms with Gasteiger partial charge in [-0.3, -0.25) is 0 Å². The third-order valence-corrected chi connectivity index (χ3v) is 24.7. The molecule has 5 heterocycles. The lowest BCUT2D eigenvalue weighted by Crippen LogP contribution is -2.59. The Morgan fingerprint density at radius 2 is 1.61 bits per heavy atom. The van der Waals surface area contributed by atoms with Crippen LogP contribution in [-0.2, 0) is 42.7 Å². The fraction of sp³-hybridized carbons (Fsp3) is 0.786. The fourth-order valence-electron chi connectivity index (χ4n) is 11.9. The molecule has 5 unspecified atom stereocenters. The largest absolute Gasteiger partial charge is 0.408 e. The van der Waals surface area contributed by atoms with Gasteiger partial charge in [-0.2, -0.15) is 0 Å². The molecule has 0 aromatic heterocycles. The molecule has 0 amide bonds. The Labute approximate surface area is 437 Å². The number of rotatable bonds is 22. The number of aliphatic hydroxyl groups excluding tert-OH is 2. The van der Waals surface area contributed by atoms with Crippen LogP contribution in [0.3, 0.4) is 0 Å². The SMILES string of the molecule is C=C1C[C@H](CCCO)O[C@H]1CC[C@H]1C[C@@H](C)C(=C)[C@@H](C[C@@H]2O[C@H](C[C@H](C)CC)[C@H](OC)[C@H]2C(C(O)CC2CCC3O[C@@H]([C@H](/C=C/I)O[Si](C)(C)C(C)(C)C)[C@@H](C)[C@@H](C)C3O2)S(=O)(=O)c2ccccc2)O1. The first-order valence-corrected chi connectivity index (χ1v) is 32.4. The molecule has 5 aliphatic rings. The highest BCUT2D eigenvalue weighted by molar-refractivity contribution is 14.1. The van der Waals surface area contributed by atoms with E-state index in [4.69, 9.17) is 32.8 Å². The monoisotopic (exact) mass is 1130 g/mol. The number of fused-ring (bicyclic) bond motifs is 1. The Hall–Kier alpha value is -1.02. The van der Waals surface area contributed by atoms with Crippen molar-refractivity contribution in [3.63, 3.8) is 0 Å². The Kier molecular flexibility index (Phi) is 21.0. The third kappa shape index (κ3) is 13.7. The second-order valence-corrected chi connectivity index (χ2v) is 31.0. The normalized spacial score (nSPS) is 36.3. The lowest BCUT2D eigenvalue weighted by molar-refractivity contribution is -0.240. The molecular weight excluding hydrogens is 1040 g/mol. The van der Waals surface area contributed by atoms with Crippen molar-refractivity contribution >= 4 is 40.7 Å². The molecule has 0 spiro atoms. The number of methoxy groups -OCH3 is 1. The van der Waals surface area contributed by atoms with Gasteiger partial charge in [-0.25, -0.2) is 8.42 Å². The topological polar surface area (TPSA) is 139 Å². The molecule has 0 bridgehead atoms. The van der Waals surface area contributed by atoms with Crippen LogP contribution in [0.25, 0.3) is 0 Å². The summed E-state index contributed by atoms with van der Waals surface area (Å²) < 4.78 is 80.6. The van der Waals surface area contributed by atoms with Crippen molar-refractivity contribution in [1.29, 1.82) is 0 Å². The van der Waals surface area contributed by atoms with E-state index < -0.39 is 59.8 Å². The minimum absolute atomic E-state index is 0.0426. The molecular formula is C56H91IO11SSi. The van der Waals surface area contributed by atoms with E-state index in [2.05, 4.69) is 110 Å². The van der Waals surface area contributed by atoms with Gasteiger partial charge < -0.3 is 43.1 Å². The Morgan fingerprint density at radius 1 is 0.914 bits per heavy atom. The first-order chi connectivity index (χ1) is 33.0. The minimum Gasteiger partial charge on any atom is -0.408 e. The molecule has 11 nitrogen and oxygen atoms in total. The average molecular weight is 1130 g/mol. The van der Waals surface area contributed by atoms with Gasteiger partial charge in [-0.1, -0.05) is 116 Å². The third-order valence-electron chi connectivity index (χ3n) is 17.5. The van der Waals surface area contributed by atoms with Crippen LogP contribution in [0.4, 0.5) is 0 Å². The zero-order valence-electron chi connectivity index (χ0n) is 44.5. The van der Waals surface area contributed by atoms with Gasteiger partial charge in [-0.15, -0.1) is 0 Å². The van der Waals surface area contributed by atoms with Crippen LogP contribution in [0.1, 0.15) is 132 Å². The zero-order chi connectivity index (χ0) is 51.3. The van der Waals surface area contributed by atoms with E-state index in [0.29, 0.717) is 31.6 Å². The second-order valence-electron chi connectivity index (χ2n) is 23.4. The molecule has 5 fully saturated rings. The van der Waals surface area contributed by atoms with Gasteiger partial charge in [0, 0.05) is 32.5 Å². The summed E-state index contributed by atoms with van der Waals surface area (Å²) >= 11 is 2.27. The molecule has 14 heteroatoms. The smallest absolute Gasteiger partial charge is 0.193 e. The van der Waals surface area contributed by atoms with Crippen molar-refractivity contribution in [2.24, 2.45) is 29.6 Å². The molecule has 2 N–H and O–H groups in total. The summed E-state index contributed by atoms with van der Waals surface area (Å²) in [7, 11) is -4.65. The lowest BCUT2D eigenvalue weighted by atomic mass is 9.77. The predicted octanol–water partition coefficient (Wildman–Crippen LogP) is 11.3. The number of aliphatic hydroxyl groups is 2. The summed E-state index contributed by atoms with van der Waals surface area (Å²) in [6.45, 7) is 31.4. The predicted molar refractivity (Wildman–Crippen MR) is 289 cm³/mol. The van der Waals surface area contributed by atoms with E-state index >= 15 is 8.42 Å². The van der Waals surface area contributed by atoms with E-state index in [1.807, 2.05) is 10.1 Å². The van der Waals surface area contributed by atoms with Crippen LogP contribution in [0.15, 0.2) is 69.7 Å². The van der Waals surface area contributed by atoms with E-state index in [1.165, 1.54) is 0 Å². The van der Waals surface area contributed by atoms with Gasteiger partial charge in [0.1, 0.15) is 0 Å². The zero-order valence-corrected chi connectivity index (χ0v) is 48.4. The summed E-state index contributed by atoms with van der Waals surface area (Å²) in [5.41, 5.74) is 2.07. The van der Waals surface area contributed by atoms with Crippen molar-refractivity contribution in [3.05, 3.63) is 64.8 Å². The molecule has 0 aliphatic carbocycles. The molecule has 5 saturated heterocycles. The first-order valence-electron chi connectivity index (χ1n) is 26.7. The quantitative estimate of drug-likeness (QED) is 0.0652. The molecule has 0 saturated carbocycles. The number of hydrogen-bond acceptors (Lipinski definition) is 11. The number of halogens is 1. The van der Waals surface area contributed by atoms with Crippen LogP contribution in [-0.4, -0.2) is 125 Å². The summed E-state index contributed by atoms with van der Waals surface area (Å²) in [5.74, 6) is -0.0130. The standard InChI is InChI=1S/C56H91IO11SSi/c1-14-34(2)29-50-54(62-11)51(49(66-50)33-48-37(5)35(3)30-41(64-48)22-24-45-36(4)31-40(63-45)19-18-28-58)55(69(60,61)43-20-16-15-17-21-43)44(59)32-42-23-25-46-52(65-42)38(6)39(7)53(67-46)47(26-27-57)68-70(12,13)56(8,9)10/h15-17,20-21,26-27,34-35,38-42,44-55,58-59H,4-5,14,18-19,22-25,28-33H2,1-3,6-13H3/b27-26+/t34-,35-,38-,39+,40+,41+,42?,44?,45+,46?,47+,48-,49+,50-,51+,52?,53-,54+,55?/m1/s1. The Morgan fingerprint density at radius 3 is 2.26 bits per heavy atom. The van der Waals surface area contributed by atoms with Crippen LogP contribution >= 0.6 is 22.6 Å². The minimum atomic E-state index is -4.18. The van der Waals surface area contributed by atoms with E-state index in [1.54, 1.807) is 31.4 Å². The van der Waals surface area contributed by atoms with Gasteiger partial charge in [0.05, 0.1) is 89.5 Å². The van der Waals surface area contributed by atoms with Crippen molar-refractivity contribution in [2.75, 3.05) is 13.7 Å². The second kappa shape index (κ2) is 25.2. The summed E-state index contributed by atoms with van der Waals surface area (Å²) in [4.78, 5) is 0.160. The van der Waals surface area contributed by atoms with E-state index in [0.717, 1.165) is 56.1 Å². The number of hydrogen-bond donors (Lipinski definition) is 2. The van der Waals surface area contributed by atoms with Gasteiger partial charge in [-0.05, 0) is 133 Å². The van der Waals surface area contributed by atoms with Gasteiger partial charge in [0.15, 0.2) is 18.2 Å². The van der Waals surface area contributed by atoms with Crippen molar-refractivity contribution in [2.45, 2.75) is 240 Å². The molecule has 1 aromatic carbocycles. The molecule has 19 atom stereocenters. The maximum Gasteiger partial charge on any atom is 0.193 e. The summed E-state index contributed by atoms with van der Waals surface area (Å²) in [6.07, 6.45) is 5.96. The highest BCUT2D eigenvalue weighted by atomic mass is 127. The molecule has 70 heavy (non-hydrogen) atoms. The highest BCUT2D eigenvalue weighted by Crippen LogP contribution is 2.47. The molecule has 1 aromatic rings. The van der Waals surface area contributed by atoms with Crippen LogP contribution in [0.2, 0.25) is 18.1 Å². The van der Waals surface area contributed by atoms with Gasteiger partial charge in [0.2, 0.25) is 0 Å². The van der Waals surface area contributed by atoms with Gasteiger partial charge >= 0.3 is 0 Å². The number of benzene rings is 1. The molecule has 6 rings (SSSR count). The van der Waals surface area contributed by atoms with Crippen LogP contribution < -0.4 is 0 Å². The van der Waals surface area contributed by atoms with E-state index in [9.17, 15) is 10.2 Å². The Bertz CT molecular complexity index is 1980. The number of ether oxygens (including phenoxy) is 6. The molecule has 398 valence electrons. The average Bonchev–Trinajstić information content (AvgIpc) is 3.84. The molecule has 0 radical (unpaired) electrons. The number of sulfone groups is 1. The lowest BCUT2D eigenvalue weighted by Gasteiger charge is -2.51. The van der Waals surface area contributed by atoms with Crippen molar-refractivity contribution in [3.8, 4) is 0 Å². The highest BCUT2D eigenvalue weighted by Gasteiger charge is 2.57. The van der Waals surface area contributed by atoms with Crippen molar-refractivity contribution < 1.29 is 51.5 Å². The van der Waals surface area contributed by atoms with Crippen LogP contribution in [0, 0.1) is 29.6 Å². The molecule has 5 aliphatic heterocycles. The van der Waals surface area contributed by atoms with Crippen LogP contribution in [0.5, 0.6) is 0 Å². The maximum atomic E-state index is 15.4. The maximum absolute atomic E-state index is 15.4. The summed E-state index contributed by atoms with van der Waals surface area (Å²) in [5, 5.41) is 21.0. The first kappa shape index (κ1) is 58.2. The summed E-state index contributed by atoms with van der Waals surface area (Å²) in [6, 6.07) is 8.55. The Balaban J connectivity index is 1.25. The van der Waals surface area contributed by atoms with E-state index in [-0.39, 0.29) is 89.5 Å². The van der Waals surface area contributed by atoms with Crippen molar-refractivity contribution in [1.82, 2.24) is 0 Å². The fourth-order valence-corrected chi connectivity index (χ4v) is 15.7. The van der Waals surface area contributed by atoms with Gasteiger partial charge in [0.25, 0.3) is 0 Å².